The lowest BCUT2D eigenvalue weighted by Crippen LogP contribution is -2.06. The van der Waals surface area contributed by atoms with Gasteiger partial charge in [-0.15, -0.1) is 10.2 Å². The van der Waals surface area contributed by atoms with Gasteiger partial charge in [0, 0.05) is 23.9 Å². The molecular formula is C19H21N3O3S. The molecule has 5 rings (SSSR count). The highest BCUT2D eigenvalue weighted by molar-refractivity contribution is 7.99. The topological polar surface area (TPSA) is 66.2 Å². The van der Waals surface area contributed by atoms with E-state index < -0.39 is 0 Å². The van der Waals surface area contributed by atoms with Crippen LogP contribution >= 0.6 is 11.8 Å². The first-order chi connectivity index (χ1) is 12.8. The third kappa shape index (κ3) is 3.20. The number of rotatable bonds is 6. The number of Topliss-reactive ketones (excluding diaryl/α,β-unsaturated/α-hetero) is 1. The maximum absolute atomic E-state index is 12.7. The van der Waals surface area contributed by atoms with Crippen LogP contribution in [0.5, 0.6) is 11.5 Å². The van der Waals surface area contributed by atoms with E-state index in [2.05, 4.69) is 14.8 Å². The number of carbonyl (C=O) groups is 1. The summed E-state index contributed by atoms with van der Waals surface area (Å²) in [7, 11) is 0. The fraction of sp³-hybridized carbons (Fsp3) is 0.526. The highest BCUT2D eigenvalue weighted by Gasteiger charge is 2.36. The summed E-state index contributed by atoms with van der Waals surface area (Å²) < 4.78 is 13.6. The monoisotopic (exact) mass is 371 g/mol. The average Bonchev–Trinajstić information content (AvgIpc) is 3.56. The lowest BCUT2D eigenvalue weighted by Gasteiger charge is -2.09. The van der Waals surface area contributed by atoms with E-state index in [0.29, 0.717) is 48.0 Å². The molecule has 0 saturated heterocycles. The summed E-state index contributed by atoms with van der Waals surface area (Å²) in [6.07, 6.45) is 5.67. The molecule has 0 radical (unpaired) electrons. The van der Waals surface area contributed by atoms with Crippen molar-refractivity contribution in [1.29, 1.82) is 0 Å². The molecule has 2 saturated carbocycles. The Morgan fingerprint density at radius 1 is 1.12 bits per heavy atom. The zero-order valence-corrected chi connectivity index (χ0v) is 15.3. The van der Waals surface area contributed by atoms with Gasteiger partial charge >= 0.3 is 0 Å². The molecule has 1 aromatic carbocycles. The minimum atomic E-state index is 0.0731. The number of nitrogens with zero attached hydrogens (tertiary/aromatic N) is 3. The van der Waals surface area contributed by atoms with Gasteiger partial charge in [-0.3, -0.25) is 4.79 Å². The maximum atomic E-state index is 12.7. The first-order valence-electron chi connectivity index (χ1n) is 9.30. The summed E-state index contributed by atoms with van der Waals surface area (Å²) in [5.74, 6) is 3.51. The molecule has 26 heavy (non-hydrogen) atoms. The second kappa shape index (κ2) is 6.61. The van der Waals surface area contributed by atoms with Crippen LogP contribution in [-0.2, 0) is 0 Å². The van der Waals surface area contributed by atoms with Crippen molar-refractivity contribution in [1.82, 2.24) is 14.8 Å². The van der Waals surface area contributed by atoms with Crippen LogP contribution in [0.3, 0.4) is 0 Å². The van der Waals surface area contributed by atoms with Crippen molar-refractivity contribution in [2.75, 3.05) is 19.0 Å². The summed E-state index contributed by atoms with van der Waals surface area (Å²) >= 11 is 1.49. The first kappa shape index (κ1) is 16.2. The number of ketones is 1. The van der Waals surface area contributed by atoms with Crippen LogP contribution in [0.4, 0.5) is 0 Å². The molecule has 0 spiro atoms. The highest BCUT2D eigenvalue weighted by Crippen LogP contribution is 2.46. The number of hydrogen-bond acceptors (Lipinski definition) is 6. The van der Waals surface area contributed by atoms with Gasteiger partial charge in [-0.2, -0.15) is 0 Å². The normalized spacial score (nSPS) is 19.2. The minimum Gasteiger partial charge on any atom is -0.490 e. The Morgan fingerprint density at radius 3 is 2.69 bits per heavy atom. The van der Waals surface area contributed by atoms with Crippen molar-refractivity contribution in [2.24, 2.45) is 0 Å². The Bertz CT molecular complexity index is 843. The van der Waals surface area contributed by atoms with E-state index in [1.807, 2.05) is 12.1 Å². The average molecular weight is 371 g/mol. The number of ether oxygens (including phenoxy) is 2. The maximum Gasteiger partial charge on any atom is 0.191 e. The summed E-state index contributed by atoms with van der Waals surface area (Å²) in [6, 6.07) is 5.98. The quantitative estimate of drug-likeness (QED) is 0.571. The van der Waals surface area contributed by atoms with Crippen molar-refractivity contribution < 1.29 is 14.3 Å². The van der Waals surface area contributed by atoms with Crippen molar-refractivity contribution in [3.05, 3.63) is 29.6 Å². The van der Waals surface area contributed by atoms with Crippen LogP contribution in [0, 0.1) is 0 Å². The van der Waals surface area contributed by atoms with E-state index in [1.165, 1.54) is 37.4 Å². The van der Waals surface area contributed by atoms with Crippen molar-refractivity contribution in [2.45, 2.75) is 49.2 Å². The summed E-state index contributed by atoms with van der Waals surface area (Å²) in [5.41, 5.74) is 0.654. The lowest BCUT2D eigenvalue weighted by atomic mass is 10.1. The summed E-state index contributed by atoms with van der Waals surface area (Å²) in [5, 5.41) is 9.65. The first-order valence-corrected chi connectivity index (χ1v) is 10.3. The molecule has 7 heteroatoms. The second-order valence-electron chi connectivity index (χ2n) is 7.14. The summed E-state index contributed by atoms with van der Waals surface area (Å²) in [6.45, 7) is 1.27. The van der Waals surface area contributed by atoms with Crippen molar-refractivity contribution in [3.8, 4) is 11.5 Å². The SMILES string of the molecule is O=C(CSc1nnc(C2CC2)n1C1CC1)c1ccc2c(c1)OCCCO2. The molecular weight excluding hydrogens is 350 g/mol. The van der Waals surface area contributed by atoms with Gasteiger partial charge in [0.25, 0.3) is 0 Å². The van der Waals surface area contributed by atoms with Gasteiger partial charge in [0.2, 0.25) is 0 Å². The lowest BCUT2D eigenvalue weighted by molar-refractivity contribution is 0.102. The van der Waals surface area contributed by atoms with Crippen molar-refractivity contribution >= 4 is 17.5 Å². The van der Waals surface area contributed by atoms with E-state index in [-0.39, 0.29) is 5.78 Å². The van der Waals surface area contributed by atoms with E-state index in [4.69, 9.17) is 9.47 Å². The molecule has 6 nitrogen and oxygen atoms in total. The van der Waals surface area contributed by atoms with Gasteiger partial charge in [-0.25, -0.2) is 0 Å². The molecule has 2 aliphatic carbocycles. The minimum absolute atomic E-state index is 0.0731. The smallest absolute Gasteiger partial charge is 0.191 e. The molecule has 1 aromatic heterocycles. The Morgan fingerprint density at radius 2 is 1.92 bits per heavy atom. The van der Waals surface area contributed by atoms with Gasteiger partial charge in [-0.05, 0) is 43.9 Å². The van der Waals surface area contributed by atoms with Crippen molar-refractivity contribution in [3.63, 3.8) is 0 Å². The Balaban J connectivity index is 1.30. The molecule has 136 valence electrons. The molecule has 0 unspecified atom stereocenters. The molecule has 3 aliphatic rings. The largest absolute Gasteiger partial charge is 0.490 e. The van der Waals surface area contributed by atoms with E-state index in [1.54, 1.807) is 6.07 Å². The number of aromatic nitrogens is 3. The second-order valence-corrected chi connectivity index (χ2v) is 8.08. The van der Waals surface area contributed by atoms with Gasteiger partial charge < -0.3 is 14.0 Å². The number of carbonyl (C=O) groups excluding carboxylic acids is 1. The summed E-state index contributed by atoms with van der Waals surface area (Å²) in [4.78, 5) is 12.7. The van der Waals surface area contributed by atoms with Gasteiger partial charge in [0.05, 0.1) is 19.0 Å². The van der Waals surface area contributed by atoms with Crippen LogP contribution in [0.15, 0.2) is 23.4 Å². The van der Waals surface area contributed by atoms with Crippen LogP contribution < -0.4 is 9.47 Å². The number of benzene rings is 1. The van der Waals surface area contributed by atoms with E-state index in [9.17, 15) is 4.79 Å². The molecule has 0 N–H and O–H groups in total. The zero-order valence-electron chi connectivity index (χ0n) is 14.5. The van der Waals surface area contributed by atoms with Gasteiger partial charge in [0.1, 0.15) is 5.82 Å². The number of hydrogen-bond donors (Lipinski definition) is 0. The fourth-order valence-corrected chi connectivity index (χ4v) is 4.14. The third-order valence-electron chi connectivity index (χ3n) is 4.95. The zero-order chi connectivity index (χ0) is 17.5. The van der Waals surface area contributed by atoms with Crippen LogP contribution in [0.2, 0.25) is 0 Å². The Hall–Kier alpha value is -2.02. The van der Waals surface area contributed by atoms with Crippen LogP contribution in [0.1, 0.15) is 60.2 Å². The molecule has 2 heterocycles. The highest BCUT2D eigenvalue weighted by atomic mass is 32.2. The molecule has 0 amide bonds. The Labute approximate surface area is 156 Å². The third-order valence-corrected chi connectivity index (χ3v) is 5.89. The molecule has 0 bridgehead atoms. The van der Waals surface area contributed by atoms with Crippen LogP contribution in [-0.4, -0.2) is 39.5 Å². The number of thioether (sulfide) groups is 1. The molecule has 1 aliphatic heterocycles. The van der Waals surface area contributed by atoms with Gasteiger partial charge in [0.15, 0.2) is 22.4 Å². The predicted octanol–water partition coefficient (Wildman–Crippen LogP) is 3.63. The van der Waals surface area contributed by atoms with E-state index in [0.717, 1.165) is 17.4 Å². The molecule has 2 fully saturated rings. The van der Waals surface area contributed by atoms with Gasteiger partial charge in [-0.1, -0.05) is 11.8 Å². The molecule has 2 aromatic rings. The Kier molecular flexibility index (Phi) is 4.11. The van der Waals surface area contributed by atoms with Crippen LogP contribution in [0.25, 0.3) is 0 Å². The fourth-order valence-electron chi connectivity index (χ4n) is 3.23. The van der Waals surface area contributed by atoms with E-state index >= 15 is 0 Å². The number of fused-ring (bicyclic) bond motifs is 1. The standard InChI is InChI=1S/C19H21N3O3S/c23-15(13-4-7-16-17(10-13)25-9-1-8-24-16)11-26-19-21-20-18(12-2-3-12)22(19)14-5-6-14/h4,7,10,12,14H,1-3,5-6,8-9,11H2. The molecule has 0 atom stereocenters. The predicted molar refractivity (Wildman–Crippen MR) is 97.4 cm³/mol.